The van der Waals surface area contributed by atoms with Crippen molar-refractivity contribution in [1.29, 1.82) is 0 Å². The molecule has 2 amide bonds. The standard InChI is InChI=1S/C35H49N3O7/c1-9-10-11-12-13-14-27(37-33(41)45-34(4,5)6)31(39)38-21-35(20-28(38)32(40)43-8)18-17-24-25-19-23(42-7)15-16-26(25)36-29(22(2)3)30(24)44-35/h9,15-16,19,22,27-28H,1,10-14,17-18,20-21H2,2-8H3,(H,37,41)/t27-,28-,35-/m0/s1. The molecule has 3 heterocycles. The number of nitrogens with one attached hydrogen (secondary N) is 1. The fourth-order valence-corrected chi connectivity index (χ4v) is 6.31. The highest BCUT2D eigenvalue weighted by molar-refractivity contribution is 5.91. The maximum Gasteiger partial charge on any atom is 0.408 e. The number of hydrogen-bond acceptors (Lipinski definition) is 8. The van der Waals surface area contributed by atoms with E-state index < -0.39 is 35.3 Å². The van der Waals surface area contributed by atoms with Crippen molar-refractivity contribution in [1.82, 2.24) is 15.2 Å². The van der Waals surface area contributed by atoms with Crippen molar-refractivity contribution in [2.75, 3.05) is 20.8 Å². The van der Waals surface area contributed by atoms with Crippen LogP contribution in [0, 0.1) is 0 Å². The summed E-state index contributed by atoms with van der Waals surface area (Å²) in [6.45, 7) is 13.4. The van der Waals surface area contributed by atoms with Crippen LogP contribution in [-0.2, 0) is 25.5 Å². The van der Waals surface area contributed by atoms with Crippen LogP contribution in [0.4, 0.5) is 4.79 Å². The topological polar surface area (TPSA) is 116 Å². The van der Waals surface area contributed by atoms with Crippen molar-refractivity contribution in [3.05, 3.63) is 42.1 Å². The van der Waals surface area contributed by atoms with Gasteiger partial charge >= 0.3 is 12.1 Å². The molecule has 246 valence electrons. The Hall–Kier alpha value is -3.82. The fourth-order valence-electron chi connectivity index (χ4n) is 6.31. The molecule has 0 radical (unpaired) electrons. The molecule has 1 saturated heterocycles. The predicted octanol–water partition coefficient (Wildman–Crippen LogP) is 6.23. The molecule has 0 saturated carbocycles. The highest BCUT2D eigenvalue weighted by Crippen LogP contribution is 2.46. The molecule has 3 atom stereocenters. The van der Waals surface area contributed by atoms with E-state index >= 15 is 0 Å². The average molecular weight is 624 g/mol. The zero-order valence-corrected chi connectivity index (χ0v) is 27.9. The third-order valence-electron chi connectivity index (χ3n) is 8.52. The second-order valence-corrected chi connectivity index (χ2v) is 13.5. The van der Waals surface area contributed by atoms with E-state index in [1.165, 1.54) is 12.0 Å². The number of allylic oxidation sites excluding steroid dienone is 1. The molecular weight excluding hydrogens is 574 g/mol. The van der Waals surface area contributed by atoms with Gasteiger partial charge in [-0.1, -0.05) is 32.8 Å². The monoisotopic (exact) mass is 623 g/mol. The van der Waals surface area contributed by atoms with Gasteiger partial charge in [-0.15, -0.1) is 6.58 Å². The van der Waals surface area contributed by atoms with E-state index in [1.807, 2.05) is 24.3 Å². The van der Waals surface area contributed by atoms with Gasteiger partial charge in [-0.3, -0.25) is 4.79 Å². The smallest absolute Gasteiger partial charge is 0.408 e. The first-order valence-corrected chi connectivity index (χ1v) is 16.0. The summed E-state index contributed by atoms with van der Waals surface area (Å²) >= 11 is 0. The first kappa shape index (κ1) is 34.1. The van der Waals surface area contributed by atoms with Crippen LogP contribution in [0.2, 0.25) is 0 Å². The molecule has 1 aromatic heterocycles. The molecule has 1 fully saturated rings. The number of likely N-dealkylation sites (tertiary alicyclic amines) is 1. The number of hydrogen-bond donors (Lipinski definition) is 1. The molecule has 0 bridgehead atoms. The van der Waals surface area contributed by atoms with Crippen LogP contribution in [-0.4, -0.2) is 71.9 Å². The Morgan fingerprint density at radius 3 is 2.60 bits per heavy atom. The molecular formula is C35H49N3O7. The van der Waals surface area contributed by atoms with Gasteiger partial charge in [-0.05, 0) is 77.0 Å². The second-order valence-electron chi connectivity index (χ2n) is 13.5. The normalized spacial score (nSPS) is 20.0. The molecule has 2 aliphatic heterocycles. The number of aryl methyl sites for hydroxylation is 1. The number of rotatable bonds is 11. The molecule has 2 aromatic rings. The molecule has 2 aliphatic rings. The zero-order valence-electron chi connectivity index (χ0n) is 27.9. The molecule has 1 spiro atoms. The minimum Gasteiger partial charge on any atom is -0.497 e. The molecule has 1 aromatic carbocycles. The molecule has 1 N–H and O–H groups in total. The van der Waals surface area contributed by atoms with E-state index in [-0.39, 0.29) is 24.8 Å². The van der Waals surface area contributed by atoms with Gasteiger partial charge in [-0.2, -0.15) is 0 Å². The van der Waals surface area contributed by atoms with Crippen LogP contribution < -0.4 is 14.8 Å². The van der Waals surface area contributed by atoms with Gasteiger partial charge in [0.25, 0.3) is 0 Å². The second kappa shape index (κ2) is 14.1. The highest BCUT2D eigenvalue weighted by Gasteiger charge is 2.53. The van der Waals surface area contributed by atoms with Crippen molar-refractivity contribution in [3.8, 4) is 11.5 Å². The summed E-state index contributed by atoms with van der Waals surface area (Å²) in [4.78, 5) is 46.7. The number of unbranched alkanes of at least 4 members (excludes halogenated alkanes) is 3. The van der Waals surface area contributed by atoms with Gasteiger partial charge in [0.15, 0.2) is 0 Å². The Balaban J connectivity index is 1.66. The summed E-state index contributed by atoms with van der Waals surface area (Å²) in [5.41, 5.74) is 1.22. The largest absolute Gasteiger partial charge is 0.497 e. The Morgan fingerprint density at radius 2 is 1.96 bits per heavy atom. The Kier molecular flexibility index (Phi) is 10.7. The number of alkyl carbamates (subject to hydrolysis) is 1. The lowest BCUT2D eigenvalue weighted by Crippen LogP contribution is -2.53. The van der Waals surface area contributed by atoms with Crippen LogP contribution in [0.3, 0.4) is 0 Å². The van der Waals surface area contributed by atoms with E-state index in [2.05, 4.69) is 25.7 Å². The number of nitrogens with zero attached hydrogens (tertiary/aromatic N) is 2. The molecule has 4 rings (SSSR count). The summed E-state index contributed by atoms with van der Waals surface area (Å²) in [6.07, 6.45) is 6.56. The molecule has 0 aliphatic carbocycles. The summed E-state index contributed by atoms with van der Waals surface area (Å²) in [7, 11) is 2.96. The molecule has 10 heteroatoms. The molecule has 45 heavy (non-hydrogen) atoms. The Labute approximate surface area is 266 Å². The van der Waals surface area contributed by atoms with Gasteiger partial charge in [0.05, 0.1) is 32.0 Å². The first-order valence-electron chi connectivity index (χ1n) is 16.0. The number of fused-ring (bicyclic) bond motifs is 3. The maximum atomic E-state index is 14.2. The van der Waals surface area contributed by atoms with Crippen molar-refractivity contribution in [3.63, 3.8) is 0 Å². The minimum atomic E-state index is -0.869. The third kappa shape index (κ3) is 7.89. The van der Waals surface area contributed by atoms with Crippen molar-refractivity contribution in [2.45, 2.75) is 115 Å². The van der Waals surface area contributed by atoms with E-state index in [0.29, 0.717) is 31.4 Å². The third-order valence-corrected chi connectivity index (χ3v) is 8.52. The van der Waals surface area contributed by atoms with Crippen LogP contribution in [0.25, 0.3) is 10.9 Å². The predicted molar refractivity (Wildman–Crippen MR) is 173 cm³/mol. The van der Waals surface area contributed by atoms with Crippen molar-refractivity contribution >= 4 is 28.9 Å². The number of benzene rings is 1. The van der Waals surface area contributed by atoms with Gasteiger partial charge in [0, 0.05) is 17.4 Å². The number of amides is 2. The number of aromatic nitrogens is 1. The van der Waals surface area contributed by atoms with Crippen LogP contribution in [0.1, 0.15) is 96.7 Å². The quantitative estimate of drug-likeness (QED) is 0.178. The lowest BCUT2D eigenvalue weighted by Gasteiger charge is -2.37. The lowest BCUT2D eigenvalue weighted by atomic mass is 9.86. The van der Waals surface area contributed by atoms with E-state index in [4.69, 9.17) is 23.9 Å². The summed E-state index contributed by atoms with van der Waals surface area (Å²) < 4.78 is 23.0. The minimum absolute atomic E-state index is 0.0828. The maximum absolute atomic E-state index is 14.2. The highest BCUT2D eigenvalue weighted by atomic mass is 16.6. The van der Waals surface area contributed by atoms with Gasteiger partial charge in [0.1, 0.15) is 34.8 Å². The number of carbonyl (C=O) groups excluding carboxylic acids is 3. The summed E-state index contributed by atoms with van der Waals surface area (Å²) in [5.74, 6) is 0.666. The lowest BCUT2D eigenvalue weighted by molar-refractivity contribution is -0.151. The number of pyridine rings is 1. The number of ether oxygens (including phenoxy) is 4. The van der Waals surface area contributed by atoms with Gasteiger partial charge < -0.3 is 29.2 Å². The van der Waals surface area contributed by atoms with E-state index in [0.717, 1.165) is 47.2 Å². The molecule has 10 nitrogen and oxygen atoms in total. The van der Waals surface area contributed by atoms with Gasteiger partial charge in [-0.25, -0.2) is 14.6 Å². The van der Waals surface area contributed by atoms with Crippen LogP contribution in [0.15, 0.2) is 30.9 Å². The number of esters is 1. The number of carbonyl (C=O) groups is 3. The van der Waals surface area contributed by atoms with Crippen LogP contribution >= 0.6 is 0 Å². The number of methoxy groups -OCH3 is 2. The summed E-state index contributed by atoms with van der Waals surface area (Å²) in [5, 5.41) is 3.76. The van der Waals surface area contributed by atoms with Crippen LogP contribution in [0.5, 0.6) is 11.5 Å². The SMILES string of the molecule is C=CCCCCC[C@H](NC(=O)OC(C)(C)C)C(=O)N1C[C@]2(CCc3c(c(C(C)C)nc4ccc(OC)cc34)O2)C[C@H]1C(=O)OC. The Bertz CT molecular complexity index is 1420. The van der Waals surface area contributed by atoms with E-state index in [1.54, 1.807) is 27.9 Å². The summed E-state index contributed by atoms with van der Waals surface area (Å²) in [6, 6.07) is 4.12. The van der Waals surface area contributed by atoms with E-state index in [9.17, 15) is 14.4 Å². The average Bonchev–Trinajstić information content (AvgIpc) is 3.36. The fraction of sp³-hybridized carbons (Fsp3) is 0.600. The van der Waals surface area contributed by atoms with Crippen molar-refractivity contribution in [2.24, 2.45) is 0 Å². The van der Waals surface area contributed by atoms with Gasteiger partial charge in [0.2, 0.25) is 5.91 Å². The van der Waals surface area contributed by atoms with Crippen molar-refractivity contribution < 1.29 is 33.3 Å². The molecule has 0 unspecified atom stereocenters. The first-order chi connectivity index (χ1) is 21.3. The zero-order chi connectivity index (χ0) is 32.9. The Morgan fingerprint density at radius 1 is 1.20 bits per heavy atom.